The first-order valence-electron chi connectivity index (χ1n) is 9.10. The topological polar surface area (TPSA) is 149 Å². The van der Waals surface area contributed by atoms with E-state index in [1.54, 1.807) is 0 Å². The maximum Gasteiger partial charge on any atom is 0.407 e. The predicted molar refractivity (Wildman–Crippen MR) is 110 cm³/mol. The van der Waals surface area contributed by atoms with Gasteiger partial charge in [0, 0.05) is 29.9 Å². The third kappa shape index (κ3) is 3.00. The molecule has 0 aliphatic carbocycles. The molecule has 4 heterocycles. The Morgan fingerprint density at radius 2 is 2.14 bits per heavy atom. The summed E-state index contributed by atoms with van der Waals surface area (Å²) in [6, 6.07) is 7.74. The lowest BCUT2D eigenvalue weighted by molar-refractivity contribution is 0.150. The number of benzene rings is 1. The van der Waals surface area contributed by atoms with Gasteiger partial charge in [0.1, 0.15) is 17.8 Å². The van der Waals surface area contributed by atoms with Crippen molar-refractivity contribution in [1.82, 2.24) is 30.0 Å². The molecule has 0 saturated heterocycles. The maximum absolute atomic E-state index is 11.1. The summed E-state index contributed by atoms with van der Waals surface area (Å²) in [6.45, 7) is 0.850. The monoisotopic (exact) mass is 390 g/mol. The van der Waals surface area contributed by atoms with Gasteiger partial charge in [-0.2, -0.15) is 5.10 Å². The van der Waals surface area contributed by atoms with Crippen molar-refractivity contribution < 1.29 is 9.90 Å². The van der Waals surface area contributed by atoms with Gasteiger partial charge in [-0.25, -0.2) is 14.8 Å². The summed E-state index contributed by atoms with van der Waals surface area (Å²) < 4.78 is 0. The third-order valence-electron chi connectivity index (χ3n) is 5.11. The van der Waals surface area contributed by atoms with E-state index in [9.17, 15) is 4.79 Å². The first kappa shape index (κ1) is 17.0. The van der Waals surface area contributed by atoms with Crippen LogP contribution in [0.3, 0.4) is 0 Å². The minimum atomic E-state index is -0.899. The van der Waals surface area contributed by atoms with Gasteiger partial charge in [-0.3, -0.25) is 5.10 Å². The molecule has 1 amide bonds. The fraction of sp³-hybridized carbons (Fsp3) is 0.158. The number of nitrogen functional groups attached to an aromatic ring is 1. The molecule has 146 valence electrons. The van der Waals surface area contributed by atoms with Crippen molar-refractivity contribution in [2.45, 2.75) is 6.42 Å². The number of nitrogens with two attached hydrogens (primary N) is 1. The Bertz CT molecular complexity index is 1270. The van der Waals surface area contributed by atoms with E-state index in [2.05, 4.69) is 30.5 Å². The Morgan fingerprint density at radius 1 is 1.24 bits per heavy atom. The normalized spacial score (nSPS) is 14.3. The highest BCUT2D eigenvalue weighted by atomic mass is 16.4. The van der Waals surface area contributed by atoms with Gasteiger partial charge in [-0.1, -0.05) is 6.08 Å². The Balaban J connectivity index is 1.47. The molecule has 0 atom stereocenters. The van der Waals surface area contributed by atoms with Crippen molar-refractivity contribution in [3.63, 3.8) is 0 Å². The number of carbonyl (C=O) groups is 1. The summed E-state index contributed by atoms with van der Waals surface area (Å²) in [6.07, 6.45) is 3.17. The van der Waals surface area contributed by atoms with Crippen LogP contribution < -0.4 is 11.1 Å². The number of carboxylic acid groups (broad SMARTS) is 1. The second-order valence-corrected chi connectivity index (χ2v) is 6.87. The van der Waals surface area contributed by atoms with Crippen molar-refractivity contribution in [1.29, 1.82) is 0 Å². The number of anilines is 3. The first-order valence-corrected chi connectivity index (χ1v) is 9.10. The lowest BCUT2D eigenvalue weighted by Crippen LogP contribution is -2.33. The van der Waals surface area contributed by atoms with Gasteiger partial charge in [0.15, 0.2) is 5.82 Å². The molecule has 10 nitrogen and oxygen atoms in total. The zero-order chi connectivity index (χ0) is 20.0. The first-order chi connectivity index (χ1) is 14.1. The molecule has 1 aliphatic rings. The number of H-pyrrole nitrogens is 2. The highest BCUT2D eigenvalue weighted by Crippen LogP contribution is 2.30. The van der Waals surface area contributed by atoms with E-state index >= 15 is 0 Å². The summed E-state index contributed by atoms with van der Waals surface area (Å²) in [4.78, 5) is 24.5. The molecule has 1 aromatic carbocycles. The number of aromatic nitrogens is 5. The average Bonchev–Trinajstić information content (AvgIpc) is 3.33. The molecular weight excluding hydrogens is 372 g/mol. The highest BCUT2D eigenvalue weighted by molar-refractivity contribution is 5.95. The molecule has 0 bridgehead atoms. The molecule has 5 rings (SSSR count). The van der Waals surface area contributed by atoms with E-state index < -0.39 is 6.09 Å². The Hall–Kier alpha value is -4.08. The van der Waals surface area contributed by atoms with Crippen molar-refractivity contribution >= 4 is 50.9 Å². The van der Waals surface area contributed by atoms with Crippen LogP contribution in [-0.4, -0.2) is 54.3 Å². The quantitative estimate of drug-likeness (QED) is 0.361. The predicted octanol–water partition coefficient (Wildman–Crippen LogP) is 2.93. The molecule has 6 N–H and O–H groups in total. The second-order valence-electron chi connectivity index (χ2n) is 6.87. The Kier molecular flexibility index (Phi) is 3.83. The minimum Gasteiger partial charge on any atom is -0.465 e. The summed E-state index contributed by atoms with van der Waals surface area (Å²) >= 11 is 0. The number of nitrogens with zero attached hydrogens (tertiary/aromatic N) is 4. The largest absolute Gasteiger partial charge is 0.465 e. The van der Waals surface area contributed by atoms with Gasteiger partial charge >= 0.3 is 6.09 Å². The Morgan fingerprint density at radius 3 is 2.93 bits per heavy atom. The van der Waals surface area contributed by atoms with E-state index in [1.165, 1.54) is 11.2 Å². The van der Waals surface area contributed by atoms with Gasteiger partial charge in [0.05, 0.1) is 10.9 Å². The van der Waals surface area contributed by atoms with Crippen LogP contribution in [0.25, 0.3) is 27.5 Å². The van der Waals surface area contributed by atoms with Crippen LogP contribution in [0.2, 0.25) is 0 Å². The molecule has 4 aromatic rings. The summed E-state index contributed by atoms with van der Waals surface area (Å²) in [7, 11) is 0. The number of nitrogens with one attached hydrogen (secondary N) is 3. The maximum atomic E-state index is 11.1. The van der Waals surface area contributed by atoms with Gasteiger partial charge < -0.3 is 26.0 Å². The molecule has 0 saturated carbocycles. The smallest absolute Gasteiger partial charge is 0.407 e. The van der Waals surface area contributed by atoms with Crippen LogP contribution in [0.15, 0.2) is 36.7 Å². The number of hydrogen-bond donors (Lipinski definition) is 5. The van der Waals surface area contributed by atoms with Crippen LogP contribution in [-0.2, 0) is 0 Å². The second kappa shape index (κ2) is 6.51. The molecular formula is C19H18N8O2. The van der Waals surface area contributed by atoms with E-state index in [-0.39, 0.29) is 0 Å². The van der Waals surface area contributed by atoms with Crippen molar-refractivity contribution in [3.8, 4) is 0 Å². The van der Waals surface area contributed by atoms with Gasteiger partial charge in [-0.05, 0) is 36.3 Å². The number of rotatable bonds is 3. The number of hydrogen-bond acceptors (Lipinski definition) is 6. The van der Waals surface area contributed by atoms with Crippen LogP contribution in [0.5, 0.6) is 0 Å². The van der Waals surface area contributed by atoms with Crippen LogP contribution in [0.4, 0.5) is 22.1 Å². The Labute approximate surface area is 164 Å². The van der Waals surface area contributed by atoms with Crippen LogP contribution in [0.1, 0.15) is 12.1 Å². The average molecular weight is 390 g/mol. The summed E-state index contributed by atoms with van der Waals surface area (Å²) in [5.74, 6) is 1.11. The summed E-state index contributed by atoms with van der Waals surface area (Å²) in [5, 5.41) is 21.0. The zero-order valence-electron chi connectivity index (χ0n) is 15.3. The van der Waals surface area contributed by atoms with Crippen molar-refractivity contribution in [3.05, 3.63) is 42.4 Å². The molecule has 3 aromatic heterocycles. The van der Waals surface area contributed by atoms with E-state index in [0.29, 0.717) is 36.8 Å². The van der Waals surface area contributed by atoms with Gasteiger partial charge in [0.2, 0.25) is 0 Å². The van der Waals surface area contributed by atoms with Crippen LogP contribution >= 0.6 is 0 Å². The van der Waals surface area contributed by atoms with E-state index in [1.807, 2.05) is 30.3 Å². The molecule has 0 unspecified atom stereocenters. The summed E-state index contributed by atoms with van der Waals surface area (Å²) in [5.41, 5.74) is 10.3. The molecule has 10 heteroatoms. The lowest BCUT2D eigenvalue weighted by atomic mass is 10.1. The molecule has 0 radical (unpaired) electrons. The standard InChI is InChI=1S/C19H18N8O2/c20-16-12-7-11(1-2-14(12)25-26-16)23-17-13-8-15(24-18(13)22-9-21-17)10-3-5-27(6-4-10)19(28)29/h1-3,7-9H,4-6H2,(H,28,29)(H3,20,25,26)(H2,21,22,23,24). The number of aromatic amines is 2. The van der Waals surface area contributed by atoms with Crippen molar-refractivity contribution in [2.75, 3.05) is 24.1 Å². The number of amides is 1. The third-order valence-corrected chi connectivity index (χ3v) is 5.11. The molecule has 0 spiro atoms. The fourth-order valence-corrected chi connectivity index (χ4v) is 3.55. The minimum absolute atomic E-state index is 0.378. The van der Waals surface area contributed by atoms with E-state index in [4.69, 9.17) is 10.8 Å². The molecule has 0 fully saturated rings. The molecule has 29 heavy (non-hydrogen) atoms. The van der Waals surface area contributed by atoms with Gasteiger partial charge in [0.25, 0.3) is 0 Å². The lowest BCUT2D eigenvalue weighted by Gasteiger charge is -2.23. The van der Waals surface area contributed by atoms with Crippen LogP contribution in [0, 0.1) is 0 Å². The molecule has 1 aliphatic heterocycles. The fourth-order valence-electron chi connectivity index (χ4n) is 3.55. The number of fused-ring (bicyclic) bond motifs is 2. The zero-order valence-corrected chi connectivity index (χ0v) is 15.3. The van der Waals surface area contributed by atoms with Crippen molar-refractivity contribution in [2.24, 2.45) is 0 Å². The van der Waals surface area contributed by atoms with Gasteiger partial charge in [-0.15, -0.1) is 0 Å². The highest BCUT2D eigenvalue weighted by Gasteiger charge is 2.19. The van der Waals surface area contributed by atoms with E-state index in [0.717, 1.165) is 33.2 Å². The SMILES string of the molecule is Nc1n[nH]c2ccc(Nc3ncnc4[nH]c(C5=CCN(C(=O)O)CC5)cc34)cc12.